The highest BCUT2D eigenvalue weighted by Crippen LogP contribution is 2.30. The predicted molar refractivity (Wildman–Crippen MR) is 94.7 cm³/mol. The summed E-state index contributed by atoms with van der Waals surface area (Å²) in [6.07, 6.45) is 8.68. The lowest BCUT2D eigenvalue weighted by molar-refractivity contribution is 0.0757. The van der Waals surface area contributed by atoms with Gasteiger partial charge in [-0.05, 0) is 19.1 Å². The third-order valence-electron chi connectivity index (χ3n) is 4.65. The maximum absolute atomic E-state index is 12.9. The van der Waals surface area contributed by atoms with Crippen molar-refractivity contribution in [2.24, 2.45) is 7.05 Å². The van der Waals surface area contributed by atoms with E-state index in [1.165, 1.54) is 0 Å². The fourth-order valence-electron chi connectivity index (χ4n) is 3.32. The van der Waals surface area contributed by atoms with Gasteiger partial charge in [-0.1, -0.05) is 0 Å². The summed E-state index contributed by atoms with van der Waals surface area (Å²) in [5.74, 6) is 0.870. The van der Waals surface area contributed by atoms with Gasteiger partial charge < -0.3 is 19.2 Å². The van der Waals surface area contributed by atoms with Crippen LogP contribution in [0.3, 0.4) is 0 Å². The van der Waals surface area contributed by atoms with Crippen LogP contribution in [-0.4, -0.2) is 49.5 Å². The Balaban J connectivity index is 1.60. The van der Waals surface area contributed by atoms with Gasteiger partial charge in [-0.25, -0.2) is 15.0 Å². The molecule has 1 amide bonds. The molecule has 26 heavy (non-hydrogen) atoms. The number of anilines is 1. The Labute approximate surface area is 150 Å². The third-order valence-corrected chi connectivity index (χ3v) is 4.65. The number of imidazole rings is 1. The monoisotopic (exact) mass is 352 g/mol. The van der Waals surface area contributed by atoms with Crippen LogP contribution in [0, 0.1) is 6.92 Å². The molecule has 1 aliphatic rings. The van der Waals surface area contributed by atoms with Gasteiger partial charge in [0.25, 0.3) is 5.91 Å². The Hall–Kier alpha value is -3.16. The zero-order valence-electron chi connectivity index (χ0n) is 14.7. The molecule has 4 heterocycles. The molecule has 0 radical (unpaired) electrons. The minimum absolute atomic E-state index is 0.0356. The summed E-state index contributed by atoms with van der Waals surface area (Å²) in [6.45, 7) is 2.95. The van der Waals surface area contributed by atoms with Crippen molar-refractivity contribution in [2.45, 2.75) is 18.9 Å². The minimum atomic E-state index is -0.105. The predicted octanol–water partition coefficient (Wildman–Crippen LogP) is 1.83. The second kappa shape index (κ2) is 6.62. The maximum atomic E-state index is 12.9. The summed E-state index contributed by atoms with van der Waals surface area (Å²) in [5, 5.41) is 3.35. The van der Waals surface area contributed by atoms with Gasteiger partial charge in [-0.3, -0.25) is 4.79 Å². The molecule has 134 valence electrons. The van der Waals surface area contributed by atoms with E-state index in [9.17, 15) is 4.79 Å². The Morgan fingerprint density at radius 2 is 2.08 bits per heavy atom. The lowest BCUT2D eigenvalue weighted by atomic mass is 10.0. The summed E-state index contributed by atoms with van der Waals surface area (Å²) >= 11 is 0. The van der Waals surface area contributed by atoms with E-state index >= 15 is 0 Å². The van der Waals surface area contributed by atoms with Gasteiger partial charge in [0.05, 0.1) is 24.3 Å². The van der Waals surface area contributed by atoms with E-state index in [2.05, 4.69) is 20.3 Å². The van der Waals surface area contributed by atoms with Crippen molar-refractivity contribution < 1.29 is 9.21 Å². The van der Waals surface area contributed by atoms with Crippen LogP contribution in [0.25, 0.3) is 0 Å². The molecule has 0 spiro atoms. The molecule has 1 aliphatic heterocycles. The molecule has 0 aliphatic carbocycles. The molecule has 1 saturated heterocycles. The van der Waals surface area contributed by atoms with Crippen molar-refractivity contribution in [3.05, 3.63) is 60.3 Å². The SMILES string of the molecule is Cc1ccoc1C(=O)N1C[C@@H](Nc2ncccn2)[C@H](c2cn(C)cn2)C1. The number of nitrogens with zero attached hydrogens (tertiary/aromatic N) is 5. The third kappa shape index (κ3) is 3.05. The first-order valence-electron chi connectivity index (χ1n) is 8.46. The molecule has 3 aromatic heterocycles. The quantitative estimate of drug-likeness (QED) is 0.771. The minimum Gasteiger partial charge on any atom is -0.459 e. The first-order chi connectivity index (χ1) is 12.6. The first-order valence-corrected chi connectivity index (χ1v) is 8.46. The number of carbonyl (C=O) groups is 1. The van der Waals surface area contributed by atoms with Crippen molar-refractivity contribution in [1.29, 1.82) is 0 Å². The molecule has 8 nitrogen and oxygen atoms in total. The Bertz CT molecular complexity index is 903. The van der Waals surface area contributed by atoms with Gasteiger partial charge in [-0.2, -0.15) is 0 Å². The second-order valence-corrected chi connectivity index (χ2v) is 6.54. The highest BCUT2D eigenvalue weighted by atomic mass is 16.3. The number of hydrogen-bond donors (Lipinski definition) is 1. The molecule has 8 heteroatoms. The smallest absolute Gasteiger partial charge is 0.289 e. The molecular formula is C18H20N6O2. The highest BCUT2D eigenvalue weighted by Gasteiger charge is 2.39. The lowest BCUT2D eigenvalue weighted by Crippen LogP contribution is -2.32. The van der Waals surface area contributed by atoms with Gasteiger partial charge in [0.15, 0.2) is 5.76 Å². The fourth-order valence-corrected chi connectivity index (χ4v) is 3.32. The zero-order valence-corrected chi connectivity index (χ0v) is 14.7. The number of aromatic nitrogens is 4. The van der Waals surface area contributed by atoms with Crippen molar-refractivity contribution in [3.63, 3.8) is 0 Å². The fraction of sp³-hybridized carbons (Fsp3) is 0.333. The number of carbonyl (C=O) groups excluding carboxylic acids is 1. The summed E-state index contributed by atoms with van der Waals surface area (Å²) in [5.41, 5.74) is 1.78. The average Bonchev–Trinajstić information content (AvgIpc) is 3.35. The van der Waals surface area contributed by atoms with E-state index in [0.29, 0.717) is 24.8 Å². The van der Waals surface area contributed by atoms with E-state index in [0.717, 1.165) is 11.3 Å². The molecule has 2 atom stereocenters. The van der Waals surface area contributed by atoms with E-state index in [-0.39, 0.29) is 17.9 Å². The molecule has 1 fully saturated rings. The summed E-state index contributed by atoms with van der Waals surface area (Å²) in [4.78, 5) is 27.6. The Morgan fingerprint density at radius 3 is 2.73 bits per heavy atom. The first kappa shape index (κ1) is 16.3. The van der Waals surface area contributed by atoms with Crippen LogP contribution >= 0.6 is 0 Å². The Morgan fingerprint density at radius 1 is 1.27 bits per heavy atom. The van der Waals surface area contributed by atoms with E-state index in [1.807, 2.05) is 24.7 Å². The number of furan rings is 1. The van der Waals surface area contributed by atoms with Crippen molar-refractivity contribution in [3.8, 4) is 0 Å². The summed E-state index contributed by atoms with van der Waals surface area (Å²) in [7, 11) is 1.93. The van der Waals surface area contributed by atoms with Gasteiger partial charge in [0.2, 0.25) is 5.95 Å². The summed E-state index contributed by atoms with van der Waals surface area (Å²) < 4.78 is 7.29. The van der Waals surface area contributed by atoms with Crippen molar-refractivity contribution in [1.82, 2.24) is 24.4 Å². The second-order valence-electron chi connectivity index (χ2n) is 6.54. The molecule has 3 aromatic rings. The lowest BCUT2D eigenvalue weighted by Gasteiger charge is -2.17. The highest BCUT2D eigenvalue weighted by molar-refractivity contribution is 5.93. The van der Waals surface area contributed by atoms with Crippen LogP contribution < -0.4 is 5.32 Å². The molecule has 0 aromatic carbocycles. The average molecular weight is 352 g/mol. The molecular weight excluding hydrogens is 332 g/mol. The molecule has 1 N–H and O–H groups in total. The van der Waals surface area contributed by atoms with Crippen LogP contribution in [0.5, 0.6) is 0 Å². The number of likely N-dealkylation sites (tertiary alicyclic amines) is 1. The maximum Gasteiger partial charge on any atom is 0.289 e. The molecule has 4 rings (SSSR count). The van der Waals surface area contributed by atoms with Gasteiger partial charge in [0.1, 0.15) is 0 Å². The topological polar surface area (TPSA) is 89.1 Å². The van der Waals surface area contributed by atoms with Crippen LogP contribution in [0.4, 0.5) is 5.95 Å². The zero-order chi connectivity index (χ0) is 18.1. The largest absolute Gasteiger partial charge is 0.459 e. The van der Waals surface area contributed by atoms with E-state index in [1.54, 1.807) is 42.0 Å². The number of hydrogen-bond acceptors (Lipinski definition) is 6. The summed E-state index contributed by atoms with van der Waals surface area (Å²) in [6, 6.07) is 3.53. The molecule has 0 unspecified atom stereocenters. The van der Waals surface area contributed by atoms with Crippen molar-refractivity contribution >= 4 is 11.9 Å². The van der Waals surface area contributed by atoms with Gasteiger partial charge in [0, 0.05) is 50.2 Å². The normalized spacial score (nSPS) is 19.7. The van der Waals surface area contributed by atoms with E-state index in [4.69, 9.17) is 4.42 Å². The Kier molecular flexibility index (Phi) is 4.16. The van der Waals surface area contributed by atoms with Crippen molar-refractivity contribution in [2.75, 3.05) is 18.4 Å². The van der Waals surface area contributed by atoms with Crippen LogP contribution in [0.1, 0.15) is 27.7 Å². The van der Waals surface area contributed by atoms with Crippen LogP contribution in [0.2, 0.25) is 0 Å². The molecule has 0 bridgehead atoms. The molecule has 0 saturated carbocycles. The van der Waals surface area contributed by atoms with Crippen LogP contribution in [-0.2, 0) is 7.05 Å². The van der Waals surface area contributed by atoms with E-state index < -0.39 is 0 Å². The number of rotatable bonds is 4. The number of aryl methyl sites for hydroxylation is 2. The number of amides is 1. The van der Waals surface area contributed by atoms with Gasteiger partial charge >= 0.3 is 0 Å². The van der Waals surface area contributed by atoms with Crippen LogP contribution in [0.15, 0.2) is 47.7 Å². The number of nitrogens with one attached hydrogen (secondary N) is 1. The van der Waals surface area contributed by atoms with Gasteiger partial charge in [-0.15, -0.1) is 0 Å². The standard InChI is InChI=1S/C18H20N6O2/c1-12-4-7-26-16(12)17(25)24-8-13(14-9-23(2)11-21-14)15(10-24)22-18-19-5-3-6-20-18/h3-7,9,11,13,15H,8,10H2,1-2H3,(H,19,20,22)/t13-,15+/m0/s1.